The number of nitrogens with zero attached hydrogens (tertiary/aromatic N) is 5. The summed E-state index contributed by atoms with van der Waals surface area (Å²) in [6, 6.07) is 16.7. The maximum absolute atomic E-state index is 13.2. The highest BCUT2D eigenvalue weighted by Crippen LogP contribution is 2.30. The Morgan fingerprint density at radius 3 is 2.51 bits per heavy atom. The molecule has 11 nitrogen and oxygen atoms in total. The molecule has 0 aliphatic carbocycles. The van der Waals surface area contributed by atoms with Gasteiger partial charge < -0.3 is 13.7 Å². The third-order valence-corrected chi connectivity index (χ3v) is 5.30. The summed E-state index contributed by atoms with van der Waals surface area (Å²) in [5, 5.41) is 23.2. The van der Waals surface area contributed by atoms with Crippen molar-refractivity contribution < 1.29 is 23.4 Å². The van der Waals surface area contributed by atoms with Gasteiger partial charge in [0.1, 0.15) is 0 Å². The zero-order chi connectivity index (χ0) is 24.5. The Hall–Kier alpha value is -4.93. The smallest absolute Gasteiger partial charge is 0.339 e. The topological polar surface area (TPSA) is 147 Å². The minimum Gasteiger partial charge on any atom is -0.449 e. The van der Waals surface area contributed by atoms with Crippen LogP contribution in [-0.2, 0) is 4.74 Å². The van der Waals surface area contributed by atoms with E-state index in [2.05, 4.69) is 20.3 Å². The normalized spacial score (nSPS) is 11.9. The number of carbonyl (C=O) groups excluding carboxylic acids is 1. The Bertz CT molecular complexity index is 1540. The number of hydrogen-bond donors (Lipinski definition) is 0. The second-order valence-corrected chi connectivity index (χ2v) is 7.67. The summed E-state index contributed by atoms with van der Waals surface area (Å²) < 4.78 is 16.6. The van der Waals surface area contributed by atoms with Crippen LogP contribution in [0.25, 0.3) is 33.8 Å². The van der Waals surface area contributed by atoms with Gasteiger partial charge in [0.15, 0.2) is 6.10 Å². The van der Waals surface area contributed by atoms with Gasteiger partial charge in [-0.15, -0.1) is 10.2 Å². The number of benzene rings is 2. The van der Waals surface area contributed by atoms with Crippen LogP contribution in [0.2, 0.25) is 0 Å². The van der Waals surface area contributed by atoms with E-state index < -0.39 is 17.0 Å². The summed E-state index contributed by atoms with van der Waals surface area (Å²) in [5.74, 6) is -0.420. The van der Waals surface area contributed by atoms with Crippen molar-refractivity contribution in [3.8, 4) is 22.7 Å². The fraction of sp³-hybridized carbons (Fsp3) is 0.125. The van der Waals surface area contributed by atoms with Gasteiger partial charge in [0.05, 0.1) is 27.3 Å². The number of nitro benzene ring substituents is 1. The molecule has 11 heteroatoms. The molecule has 0 aliphatic rings. The molecule has 0 radical (unpaired) electrons. The third-order valence-electron chi connectivity index (χ3n) is 5.30. The SMILES string of the molecule is Cc1noc2nc(-c3ccccc3)cc(C(=O)OC(C)c3nnc(-c4ccc([N+](=O)[O-])cc4)o3)c12. The van der Waals surface area contributed by atoms with E-state index in [1.807, 2.05) is 30.3 Å². The Balaban J connectivity index is 1.41. The van der Waals surface area contributed by atoms with E-state index in [4.69, 9.17) is 13.7 Å². The van der Waals surface area contributed by atoms with E-state index in [-0.39, 0.29) is 28.7 Å². The number of esters is 1. The van der Waals surface area contributed by atoms with E-state index in [9.17, 15) is 14.9 Å². The quantitative estimate of drug-likeness (QED) is 0.187. The molecule has 1 unspecified atom stereocenters. The second-order valence-electron chi connectivity index (χ2n) is 7.67. The fourth-order valence-corrected chi connectivity index (χ4v) is 3.53. The number of hydrogen-bond acceptors (Lipinski definition) is 10. The first-order valence-electron chi connectivity index (χ1n) is 10.5. The van der Waals surface area contributed by atoms with Gasteiger partial charge in [-0.05, 0) is 32.0 Å². The molecule has 3 aromatic heterocycles. The number of fused-ring (bicyclic) bond motifs is 1. The minimum atomic E-state index is -0.870. The van der Waals surface area contributed by atoms with Crippen LogP contribution in [0.4, 0.5) is 5.69 Å². The first kappa shape index (κ1) is 21.9. The van der Waals surface area contributed by atoms with Crippen LogP contribution in [0.3, 0.4) is 0 Å². The number of nitro groups is 1. The van der Waals surface area contributed by atoms with Crippen molar-refractivity contribution in [1.82, 2.24) is 20.3 Å². The van der Waals surface area contributed by atoms with E-state index in [1.165, 1.54) is 24.3 Å². The molecular weight excluding hydrogens is 454 g/mol. The number of aromatic nitrogens is 4. The van der Waals surface area contributed by atoms with Crippen LogP contribution in [-0.4, -0.2) is 31.2 Å². The molecule has 0 aliphatic heterocycles. The van der Waals surface area contributed by atoms with Gasteiger partial charge in [-0.3, -0.25) is 10.1 Å². The molecule has 5 aromatic rings. The molecule has 5 rings (SSSR count). The molecular formula is C24H17N5O6. The predicted octanol–water partition coefficient (Wildman–Crippen LogP) is 5.07. The van der Waals surface area contributed by atoms with Gasteiger partial charge in [0.2, 0.25) is 5.89 Å². The standard InChI is InChI=1S/C24H17N5O6/c1-13-20-18(12-19(25-23(20)35-28-13)15-6-4-3-5-7-15)24(30)33-14(2)21-26-27-22(34-21)16-8-10-17(11-9-16)29(31)32/h3-12,14H,1-2H3. The van der Waals surface area contributed by atoms with Crippen LogP contribution in [0.5, 0.6) is 0 Å². The molecule has 0 spiro atoms. The van der Waals surface area contributed by atoms with Crippen molar-refractivity contribution in [2.75, 3.05) is 0 Å². The van der Waals surface area contributed by atoms with Crippen LogP contribution in [0, 0.1) is 17.0 Å². The van der Waals surface area contributed by atoms with Crippen molar-refractivity contribution in [3.63, 3.8) is 0 Å². The Kier molecular flexibility index (Phi) is 5.49. The Morgan fingerprint density at radius 2 is 1.80 bits per heavy atom. The van der Waals surface area contributed by atoms with Gasteiger partial charge in [-0.25, -0.2) is 9.78 Å². The largest absolute Gasteiger partial charge is 0.449 e. The molecule has 35 heavy (non-hydrogen) atoms. The number of pyridine rings is 1. The van der Waals surface area contributed by atoms with Gasteiger partial charge in [-0.2, -0.15) is 0 Å². The van der Waals surface area contributed by atoms with Gasteiger partial charge >= 0.3 is 5.97 Å². The first-order chi connectivity index (χ1) is 16.9. The molecule has 174 valence electrons. The van der Waals surface area contributed by atoms with Crippen LogP contribution >= 0.6 is 0 Å². The van der Waals surface area contributed by atoms with Gasteiger partial charge in [0, 0.05) is 23.3 Å². The van der Waals surface area contributed by atoms with E-state index in [0.717, 1.165) is 5.56 Å². The molecule has 2 aromatic carbocycles. The lowest BCUT2D eigenvalue weighted by Crippen LogP contribution is -2.11. The summed E-state index contributed by atoms with van der Waals surface area (Å²) in [4.78, 5) is 28.0. The highest BCUT2D eigenvalue weighted by Gasteiger charge is 2.25. The molecule has 0 fully saturated rings. The average molecular weight is 471 g/mol. The Morgan fingerprint density at radius 1 is 1.06 bits per heavy atom. The van der Waals surface area contributed by atoms with Gasteiger partial charge in [0.25, 0.3) is 17.3 Å². The highest BCUT2D eigenvalue weighted by atomic mass is 16.6. The zero-order valence-electron chi connectivity index (χ0n) is 18.5. The summed E-state index contributed by atoms with van der Waals surface area (Å²) >= 11 is 0. The van der Waals surface area contributed by atoms with Crippen molar-refractivity contribution in [2.24, 2.45) is 0 Å². The molecule has 0 saturated heterocycles. The summed E-state index contributed by atoms with van der Waals surface area (Å²) in [6.07, 6.45) is -0.870. The molecule has 0 amide bonds. The fourth-order valence-electron chi connectivity index (χ4n) is 3.53. The summed E-state index contributed by atoms with van der Waals surface area (Å²) in [5.41, 5.74) is 2.75. The van der Waals surface area contributed by atoms with Gasteiger partial charge in [-0.1, -0.05) is 35.5 Å². The highest BCUT2D eigenvalue weighted by molar-refractivity contribution is 6.04. The number of aryl methyl sites for hydroxylation is 1. The monoisotopic (exact) mass is 471 g/mol. The maximum atomic E-state index is 13.2. The molecule has 0 saturated carbocycles. The lowest BCUT2D eigenvalue weighted by atomic mass is 10.1. The number of carbonyl (C=O) groups is 1. The minimum absolute atomic E-state index is 0.0571. The van der Waals surface area contributed by atoms with E-state index >= 15 is 0 Å². The van der Waals surface area contributed by atoms with Crippen molar-refractivity contribution in [2.45, 2.75) is 20.0 Å². The third kappa shape index (κ3) is 4.22. The molecule has 1 atom stereocenters. The average Bonchev–Trinajstić information content (AvgIpc) is 3.52. The van der Waals surface area contributed by atoms with Crippen LogP contribution in [0.1, 0.15) is 35.0 Å². The number of ether oxygens (including phenoxy) is 1. The number of non-ortho nitro benzene ring substituents is 1. The lowest BCUT2D eigenvalue weighted by Gasteiger charge is -2.11. The summed E-state index contributed by atoms with van der Waals surface area (Å²) in [7, 11) is 0. The van der Waals surface area contributed by atoms with Crippen molar-refractivity contribution in [1.29, 1.82) is 0 Å². The number of rotatable bonds is 6. The van der Waals surface area contributed by atoms with E-state index in [0.29, 0.717) is 22.3 Å². The molecule has 3 heterocycles. The van der Waals surface area contributed by atoms with Crippen molar-refractivity contribution in [3.05, 3.63) is 87.9 Å². The summed E-state index contributed by atoms with van der Waals surface area (Å²) in [6.45, 7) is 3.31. The van der Waals surface area contributed by atoms with Crippen LogP contribution < -0.4 is 0 Å². The zero-order valence-corrected chi connectivity index (χ0v) is 18.5. The molecule has 0 bridgehead atoms. The predicted molar refractivity (Wildman–Crippen MR) is 122 cm³/mol. The maximum Gasteiger partial charge on any atom is 0.339 e. The van der Waals surface area contributed by atoms with Crippen LogP contribution in [0.15, 0.2) is 69.6 Å². The lowest BCUT2D eigenvalue weighted by molar-refractivity contribution is -0.384. The Labute approximate surface area is 197 Å². The van der Waals surface area contributed by atoms with Crippen molar-refractivity contribution >= 4 is 22.8 Å². The van der Waals surface area contributed by atoms with E-state index in [1.54, 1.807) is 19.9 Å². The second kappa shape index (κ2) is 8.78. The molecule has 0 N–H and O–H groups in total. The first-order valence-corrected chi connectivity index (χ1v) is 10.5.